The minimum absolute atomic E-state index is 0.122. The molecule has 6 aromatic rings. The van der Waals surface area contributed by atoms with E-state index < -0.39 is 5.92 Å². The molecular weight excluding hydrogens is 505 g/mol. The largest absolute Gasteiger partial charge is 0.335 e. The molecule has 1 saturated heterocycles. The van der Waals surface area contributed by atoms with Crippen LogP contribution in [0, 0.1) is 5.82 Å². The second-order valence-corrected chi connectivity index (χ2v) is 9.76. The second-order valence-electron chi connectivity index (χ2n) is 9.76. The summed E-state index contributed by atoms with van der Waals surface area (Å²) >= 11 is 0. The molecule has 2 N–H and O–H groups in total. The van der Waals surface area contributed by atoms with Crippen molar-refractivity contribution in [2.45, 2.75) is 18.9 Å². The van der Waals surface area contributed by atoms with Crippen LogP contribution in [0.5, 0.6) is 0 Å². The number of rotatable bonds is 5. The Hall–Kier alpha value is -4.64. The SMILES string of the molecule is Fc1cccc(-c2cncc3[nH]c(-c4n[nH]c5cnc(-c6cncc(CN7CCC(F)(F)C7)c6)cc45)nc23)c1. The van der Waals surface area contributed by atoms with Gasteiger partial charge in [0, 0.05) is 54.6 Å². The van der Waals surface area contributed by atoms with Gasteiger partial charge in [-0.3, -0.25) is 25.0 Å². The normalized spacial score (nSPS) is 15.5. The van der Waals surface area contributed by atoms with E-state index in [4.69, 9.17) is 4.98 Å². The van der Waals surface area contributed by atoms with Gasteiger partial charge in [-0.2, -0.15) is 5.10 Å². The van der Waals surface area contributed by atoms with Gasteiger partial charge in [-0.25, -0.2) is 18.2 Å². The van der Waals surface area contributed by atoms with Crippen molar-refractivity contribution < 1.29 is 13.2 Å². The van der Waals surface area contributed by atoms with E-state index in [0.717, 1.165) is 22.0 Å². The van der Waals surface area contributed by atoms with Crippen LogP contribution in [0.15, 0.2) is 67.4 Å². The van der Waals surface area contributed by atoms with Gasteiger partial charge in [-0.15, -0.1) is 0 Å². The van der Waals surface area contributed by atoms with E-state index in [-0.39, 0.29) is 18.8 Å². The highest BCUT2D eigenvalue weighted by Gasteiger charge is 2.37. The van der Waals surface area contributed by atoms with Crippen molar-refractivity contribution >= 4 is 21.9 Å². The fourth-order valence-corrected chi connectivity index (χ4v) is 5.08. The molecule has 7 rings (SSSR count). The molecule has 1 aliphatic heterocycles. The highest BCUT2D eigenvalue weighted by Crippen LogP contribution is 2.33. The highest BCUT2D eigenvalue weighted by atomic mass is 19.3. The second kappa shape index (κ2) is 8.98. The maximum Gasteiger partial charge on any atom is 0.261 e. The number of aromatic amines is 2. The molecule has 0 saturated carbocycles. The monoisotopic (exact) mass is 526 g/mol. The number of nitrogens with one attached hydrogen (secondary N) is 2. The smallest absolute Gasteiger partial charge is 0.261 e. The minimum Gasteiger partial charge on any atom is -0.335 e. The molecule has 0 spiro atoms. The van der Waals surface area contributed by atoms with Gasteiger partial charge < -0.3 is 4.98 Å². The average molecular weight is 527 g/mol. The van der Waals surface area contributed by atoms with E-state index in [0.29, 0.717) is 52.5 Å². The Morgan fingerprint density at radius 2 is 1.85 bits per heavy atom. The molecule has 0 aliphatic carbocycles. The first-order valence-electron chi connectivity index (χ1n) is 12.4. The van der Waals surface area contributed by atoms with Gasteiger partial charge >= 0.3 is 0 Å². The molecule has 1 aliphatic rings. The summed E-state index contributed by atoms with van der Waals surface area (Å²) in [5, 5.41) is 8.27. The van der Waals surface area contributed by atoms with Crippen molar-refractivity contribution in [3.8, 4) is 33.9 Å². The van der Waals surface area contributed by atoms with Crippen molar-refractivity contribution in [1.82, 2.24) is 40.0 Å². The minimum atomic E-state index is -2.64. The van der Waals surface area contributed by atoms with Gasteiger partial charge in [-0.1, -0.05) is 12.1 Å². The van der Waals surface area contributed by atoms with E-state index >= 15 is 0 Å². The molecule has 5 aromatic heterocycles. The number of likely N-dealkylation sites (tertiary alicyclic amines) is 1. The molecule has 0 unspecified atom stereocenters. The molecule has 1 aromatic carbocycles. The maximum absolute atomic E-state index is 13.9. The standard InChI is InChI=1S/C28H21F3N8/c29-19-3-1-2-17(7-19)21-11-33-12-24-25(21)36-27(35-24)26-20-8-22(34-13-23(20)37-38-26)18-6-16(9-32-10-18)14-39-5-4-28(30,31)15-39/h1-3,6-13H,4-5,14-15H2,(H,35,36)(H,37,38). The van der Waals surface area contributed by atoms with Crippen molar-refractivity contribution in [2.24, 2.45) is 0 Å². The van der Waals surface area contributed by atoms with Gasteiger partial charge in [0.15, 0.2) is 5.82 Å². The summed E-state index contributed by atoms with van der Waals surface area (Å²) in [6.45, 7) is 0.512. The average Bonchev–Trinajstić information content (AvgIpc) is 3.64. The fourth-order valence-electron chi connectivity index (χ4n) is 5.08. The summed E-state index contributed by atoms with van der Waals surface area (Å²) in [5.74, 6) is -2.45. The molecule has 8 nitrogen and oxygen atoms in total. The third-order valence-electron chi connectivity index (χ3n) is 6.95. The van der Waals surface area contributed by atoms with Crippen LogP contribution >= 0.6 is 0 Å². The van der Waals surface area contributed by atoms with Crippen LogP contribution in [0.2, 0.25) is 0 Å². The van der Waals surface area contributed by atoms with Crippen molar-refractivity contribution in [3.05, 3.63) is 78.8 Å². The first-order valence-corrected chi connectivity index (χ1v) is 12.4. The van der Waals surface area contributed by atoms with Crippen molar-refractivity contribution in [1.29, 1.82) is 0 Å². The van der Waals surface area contributed by atoms with E-state index in [1.165, 1.54) is 12.1 Å². The van der Waals surface area contributed by atoms with Crippen LogP contribution < -0.4 is 0 Å². The number of imidazole rings is 1. The van der Waals surface area contributed by atoms with Crippen LogP contribution in [0.1, 0.15) is 12.0 Å². The van der Waals surface area contributed by atoms with Crippen LogP contribution in [0.4, 0.5) is 13.2 Å². The summed E-state index contributed by atoms with van der Waals surface area (Å²) in [5.41, 5.74) is 6.33. The highest BCUT2D eigenvalue weighted by molar-refractivity contribution is 5.97. The Bertz CT molecular complexity index is 1840. The third kappa shape index (κ3) is 4.40. The molecule has 194 valence electrons. The zero-order valence-electron chi connectivity index (χ0n) is 20.5. The summed E-state index contributed by atoms with van der Waals surface area (Å²) in [6.07, 6.45) is 8.30. The Balaban J connectivity index is 1.25. The number of aromatic nitrogens is 7. The first-order chi connectivity index (χ1) is 18.9. The molecule has 0 radical (unpaired) electrons. The number of nitrogens with zero attached hydrogens (tertiary/aromatic N) is 6. The maximum atomic E-state index is 13.9. The number of halogens is 3. The number of H-pyrrole nitrogens is 2. The molecule has 0 amide bonds. The van der Waals surface area contributed by atoms with Crippen LogP contribution in [0.25, 0.3) is 55.8 Å². The summed E-state index contributed by atoms with van der Waals surface area (Å²) < 4.78 is 41.1. The van der Waals surface area contributed by atoms with Crippen molar-refractivity contribution in [3.63, 3.8) is 0 Å². The summed E-state index contributed by atoms with van der Waals surface area (Å²) in [4.78, 5) is 23.0. The third-order valence-corrected chi connectivity index (χ3v) is 6.95. The molecule has 11 heteroatoms. The predicted octanol–water partition coefficient (Wildman–Crippen LogP) is 5.61. The first kappa shape index (κ1) is 23.5. The molecule has 6 heterocycles. The predicted molar refractivity (Wildman–Crippen MR) is 140 cm³/mol. The van der Waals surface area contributed by atoms with Gasteiger partial charge in [0.05, 0.1) is 41.2 Å². The Kier molecular flexibility index (Phi) is 5.41. The summed E-state index contributed by atoms with van der Waals surface area (Å²) in [6, 6.07) is 10.1. The van der Waals surface area contributed by atoms with Gasteiger partial charge in [0.25, 0.3) is 5.92 Å². The molecular formula is C28H21F3N8. The number of alkyl halides is 2. The quantitative estimate of drug-likeness (QED) is 0.303. The number of hydrogen-bond acceptors (Lipinski definition) is 6. The zero-order chi connectivity index (χ0) is 26.6. The lowest BCUT2D eigenvalue weighted by Gasteiger charge is -2.15. The lowest BCUT2D eigenvalue weighted by atomic mass is 10.1. The number of pyridine rings is 3. The van der Waals surface area contributed by atoms with Gasteiger partial charge in [0.1, 0.15) is 11.5 Å². The molecule has 1 fully saturated rings. The van der Waals surface area contributed by atoms with Crippen LogP contribution in [-0.4, -0.2) is 59.0 Å². The van der Waals surface area contributed by atoms with E-state index in [9.17, 15) is 13.2 Å². The summed E-state index contributed by atoms with van der Waals surface area (Å²) in [7, 11) is 0. The Morgan fingerprint density at radius 3 is 2.69 bits per heavy atom. The number of benzene rings is 1. The lowest BCUT2D eigenvalue weighted by molar-refractivity contribution is 0.0115. The lowest BCUT2D eigenvalue weighted by Crippen LogP contribution is -2.24. The van der Waals surface area contributed by atoms with E-state index in [1.807, 2.05) is 18.2 Å². The number of fused-ring (bicyclic) bond motifs is 2. The van der Waals surface area contributed by atoms with Crippen molar-refractivity contribution in [2.75, 3.05) is 13.1 Å². The Morgan fingerprint density at radius 1 is 0.949 bits per heavy atom. The van der Waals surface area contributed by atoms with Gasteiger partial charge in [0.2, 0.25) is 0 Å². The topological polar surface area (TPSA) is 99.3 Å². The Labute approximate surface area is 220 Å². The molecule has 0 bridgehead atoms. The van der Waals surface area contributed by atoms with E-state index in [1.54, 1.807) is 42.0 Å². The fraction of sp³-hybridized carbons (Fsp3) is 0.179. The van der Waals surface area contributed by atoms with E-state index in [2.05, 4.69) is 30.1 Å². The number of hydrogen-bond donors (Lipinski definition) is 2. The zero-order valence-corrected chi connectivity index (χ0v) is 20.5. The molecule has 0 atom stereocenters. The molecule has 39 heavy (non-hydrogen) atoms. The van der Waals surface area contributed by atoms with Crippen LogP contribution in [0.3, 0.4) is 0 Å². The van der Waals surface area contributed by atoms with Gasteiger partial charge in [-0.05, 0) is 35.4 Å². The van der Waals surface area contributed by atoms with Crippen LogP contribution in [-0.2, 0) is 6.54 Å².